The Bertz CT molecular complexity index is 1150. The van der Waals surface area contributed by atoms with Crippen LogP contribution in [-0.2, 0) is 6.54 Å². The van der Waals surface area contributed by atoms with Crippen molar-refractivity contribution >= 4 is 49.0 Å². The van der Waals surface area contributed by atoms with E-state index in [1.807, 2.05) is 41.8 Å². The Kier molecular flexibility index (Phi) is 4.10. The predicted octanol–water partition coefficient (Wildman–Crippen LogP) is 4.08. The van der Waals surface area contributed by atoms with Gasteiger partial charge in [-0.15, -0.1) is 11.3 Å². The molecule has 0 atom stereocenters. The lowest BCUT2D eigenvalue weighted by molar-refractivity contribution is 0.0998. The van der Waals surface area contributed by atoms with Gasteiger partial charge in [0, 0.05) is 12.1 Å². The standard InChI is InChI=1S/C18H15N3O2S2/c1-3-21-16-13(23-2)5-4-6-14(16)25-18(21)20-17(22)11-7-8-12-15(9-11)24-10-19-12/h4-10H,3H2,1-2H3. The molecule has 0 unspecified atom stereocenters. The first-order valence-electron chi connectivity index (χ1n) is 7.80. The molecule has 126 valence electrons. The number of carbonyl (C=O) groups excluding carboxylic acids is 1. The normalized spacial score (nSPS) is 12.2. The summed E-state index contributed by atoms with van der Waals surface area (Å²) < 4.78 is 9.52. The van der Waals surface area contributed by atoms with Gasteiger partial charge in [0.05, 0.1) is 27.5 Å². The van der Waals surface area contributed by atoms with Crippen LogP contribution in [0.2, 0.25) is 0 Å². The fraction of sp³-hybridized carbons (Fsp3) is 0.167. The van der Waals surface area contributed by atoms with Crippen LogP contribution in [0.1, 0.15) is 17.3 Å². The van der Waals surface area contributed by atoms with Gasteiger partial charge in [-0.1, -0.05) is 17.4 Å². The quantitative estimate of drug-likeness (QED) is 0.547. The van der Waals surface area contributed by atoms with Gasteiger partial charge < -0.3 is 9.30 Å². The van der Waals surface area contributed by atoms with Crippen molar-refractivity contribution in [2.24, 2.45) is 4.99 Å². The number of para-hydroxylation sites is 1. The summed E-state index contributed by atoms with van der Waals surface area (Å²) in [6.07, 6.45) is 0. The molecule has 0 aliphatic carbocycles. The molecular formula is C18H15N3O2S2. The van der Waals surface area contributed by atoms with E-state index in [0.717, 1.165) is 26.2 Å². The largest absolute Gasteiger partial charge is 0.495 e. The summed E-state index contributed by atoms with van der Waals surface area (Å²) in [5.74, 6) is 0.540. The number of aryl methyl sites for hydroxylation is 1. The third-order valence-corrected chi connectivity index (χ3v) is 5.81. The van der Waals surface area contributed by atoms with E-state index in [9.17, 15) is 4.79 Å². The van der Waals surface area contributed by atoms with Gasteiger partial charge in [0.25, 0.3) is 5.91 Å². The zero-order valence-corrected chi connectivity index (χ0v) is 15.4. The van der Waals surface area contributed by atoms with E-state index < -0.39 is 0 Å². The van der Waals surface area contributed by atoms with Gasteiger partial charge >= 0.3 is 0 Å². The van der Waals surface area contributed by atoms with Crippen LogP contribution in [-0.4, -0.2) is 22.6 Å². The number of carbonyl (C=O) groups is 1. The number of rotatable bonds is 3. The van der Waals surface area contributed by atoms with Crippen molar-refractivity contribution in [1.29, 1.82) is 0 Å². The first kappa shape index (κ1) is 16.0. The highest BCUT2D eigenvalue weighted by atomic mass is 32.1. The SMILES string of the molecule is CCn1c(=NC(=O)c2ccc3ncsc3c2)sc2cccc(OC)c21. The highest BCUT2D eigenvalue weighted by Gasteiger charge is 2.12. The molecule has 5 nitrogen and oxygen atoms in total. The van der Waals surface area contributed by atoms with Crippen molar-refractivity contribution in [3.05, 3.63) is 52.3 Å². The monoisotopic (exact) mass is 369 g/mol. The van der Waals surface area contributed by atoms with Crippen LogP contribution in [0.3, 0.4) is 0 Å². The summed E-state index contributed by atoms with van der Waals surface area (Å²) in [5, 5.41) is 0. The molecule has 2 aromatic carbocycles. The van der Waals surface area contributed by atoms with E-state index in [1.165, 1.54) is 22.7 Å². The number of fused-ring (bicyclic) bond motifs is 2. The molecule has 7 heteroatoms. The van der Waals surface area contributed by atoms with Crippen LogP contribution in [0, 0.1) is 0 Å². The van der Waals surface area contributed by atoms with Gasteiger partial charge in [-0.2, -0.15) is 4.99 Å². The molecule has 2 heterocycles. The number of amides is 1. The molecule has 0 N–H and O–H groups in total. The van der Waals surface area contributed by atoms with Crippen molar-refractivity contribution in [2.75, 3.05) is 7.11 Å². The van der Waals surface area contributed by atoms with Gasteiger partial charge in [-0.25, -0.2) is 4.98 Å². The minimum atomic E-state index is -0.247. The molecule has 0 spiro atoms. The van der Waals surface area contributed by atoms with E-state index >= 15 is 0 Å². The fourth-order valence-corrected chi connectivity index (χ4v) is 4.61. The lowest BCUT2D eigenvalue weighted by atomic mass is 10.2. The van der Waals surface area contributed by atoms with Crippen molar-refractivity contribution in [3.8, 4) is 5.75 Å². The predicted molar refractivity (Wildman–Crippen MR) is 102 cm³/mol. The van der Waals surface area contributed by atoms with Crippen LogP contribution >= 0.6 is 22.7 Å². The Morgan fingerprint density at radius 1 is 1.28 bits per heavy atom. The highest BCUT2D eigenvalue weighted by molar-refractivity contribution is 7.17. The molecule has 0 saturated carbocycles. The molecule has 0 saturated heterocycles. The first-order valence-corrected chi connectivity index (χ1v) is 9.49. The molecule has 0 fully saturated rings. The van der Waals surface area contributed by atoms with Crippen LogP contribution in [0.15, 0.2) is 46.9 Å². The lowest BCUT2D eigenvalue weighted by Gasteiger charge is -2.05. The number of methoxy groups -OCH3 is 1. The third-order valence-electron chi connectivity index (χ3n) is 3.98. The van der Waals surface area contributed by atoms with E-state index in [4.69, 9.17) is 4.74 Å². The molecular weight excluding hydrogens is 354 g/mol. The fourth-order valence-electron chi connectivity index (χ4n) is 2.78. The van der Waals surface area contributed by atoms with Crippen LogP contribution < -0.4 is 9.54 Å². The number of hydrogen-bond acceptors (Lipinski definition) is 5. The first-order chi connectivity index (χ1) is 12.2. The maximum atomic E-state index is 12.7. The number of aromatic nitrogens is 2. The summed E-state index contributed by atoms with van der Waals surface area (Å²) >= 11 is 3.01. The molecule has 4 rings (SSSR count). The summed E-state index contributed by atoms with van der Waals surface area (Å²) in [4.78, 5) is 22.0. The van der Waals surface area contributed by atoms with Crippen molar-refractivity contribution in [3.63, 3.8) is 0 Å². The Balaban J connectivity index is 1.86. The van der Waals surface area contributed by atoms with Gasteiger partial charge in [0.15, 0.2) is 4.80 Å². The van der Waals surface area contributed by atoms with Gasteiger partial charge in [0.2, 0.25) is 0 Å². The number of benzene rings is 2. The number of ether oxygens (including phenoxy) is 1. The lowest BCUT2D eigenvalue weighted by Crippen LogP contribution is -2.16. The molecule has 1 amide bonds. The average Bonchev–Trinajstić information content (AvgIpc) is 3.24. The maximum absolute atomic E-state index is 12.7. The van der Waals surface area contributed by atoms with Crippen LogP contribution in [0.4, 0.5) is 0 Å². The van der Waals surface area contributed by atoms with E-state index in [1.54, 1.807) is 18.7 Å². The number of nitrogens with zero attached hydrogens (tertiary/aromatic N) is 3. The van der Waals surface area contributed by atoms with Crippen LogP contribution in [0.25, 0.3) is 20.4 Å². The van der Waals surface area contributed by atoms with E-state index in [-0.39, 0.29) is 5.91 Å². The molecule has 4 aromatic rings. The molecule has 0 aliphatic heterocycles. The molecule has 0 aliphatic rings. The minimum absolute atomic E-state index is 0.247. The Labute approximate surface area is 151 Å². The third kappa shape index (κ3) is 2.75. The maximum Gasteiger partial charge on any atom is 0.279 e. The smallest absolute Gasteiger partial charge is 0.279 e. The molecule has 0 radical (unpaired) electrons. The van der Waals surface area contributed by atoms with Crippen LogP contribution in [0.5, 0.6) is 5.75 Å². The molecule has 25 heavy (non-hydrogen) atoms. The number of hydrogen-bond donors (Lipinski definition) is 0. The Hall–Kier alpha value is -2.51. The van der Waals surface area contributed by atoms with Crippen molar-refractivity contribution in [1.82, 2.24) is 9.55 Å². The second kappa shape index (κ2) is 6.42. The van der Waals surface area contributed by atoms with Crippen molar-refractivity contribution < 1.29 is 9.53 Å². The van der Waals surface area contributed by atoms with Crippen molar-refractivity contribution in [2.45, 2.75) is 13.5 Å². The summed E-state index contributed by atoms with van der Waals surface area (Å²) in [7, 11) is 1.65. The Morgan fingerprint density at radius 3 is 2.96 bits per heavy atom. The topological polar surface area (TPSA) is 56.5 Å². The summed E-state index contributed by atoms with van der Waals surface area (Å²) in [6.45, 7) is 2.74. The summed E-state index contributed by atoms with van der Waals surface area (Å²) in [5.41, 5.74) is 4.22. The second-order valence-corrected chi connectivity index (χ2v) is 7.28. The van der Waals surface area contributed by atoms with Gasteiger partial charge in [-0.3, -0.25) is 4.79 Å². The second-order valence-electron chi connectivity index (χ2n) is 5.39. The Morgan fingerprint density at radius 2 is 2.16 bits per heavy atom. The van der Waals surface area contributed by atoms with Gasteiger partial charge in [-0.05, 0) is 37.3 Å². The van der Waals surface area contributed by atoms with E-state index in [2.05, 4.69) is 9.98 Å². The molecule has 0 bridgehead atoms. The van der Waals surface area contributed by atoms with Gasteiger partial charge in [0.1, 0.15) is 11.3 Å². The highest BCUT2D eigenvalue weighted by Crippen LogP contribution is 2.27. The summed E-state index contributed by atoms with van der Waals surface area (Å²) in [6, 6.07) is 11.4. The molecule has 2 aromatic heterocycles. The average molecular weight is 369 g/mol. The number of thiazole rings is 2. The zero-order chi connectivity index (χ0) is 17.4. The zero-order valence-electron chi connectivity index (χ0n) is 13.7. The van der Waals surface area contributed by atoms with E-state index in [0.29, 0.717) is 16.9 Å². The minimum Gasteiger partial charge on any atom is -0.495 e.